The first-order chi connectivity index (χ1) is 10.1. The molecule has 0 radical (unpaired) electrons. The van der Waals surface area contributed by atoms with Crippen LogP contribution in [0.1, 0.15) is 80.1 Å². The Kier molecular flexibility index (Phi) is 10.3. The zero-order chi connectivity index (χ0) is 17.2. The summed E-state index contributed by atoms with van der Waals surface area (Å²) in [5.74, 6) is 0. The van der Waals surface area contributed by atoms with Crippen molar-refractivity contribution in [2.45, 2.75) is 86.1 Å². The number of hydrogen-bond donors (Lipinski definition) is 2. The monoisotopic (exact) mass is 310 g/mol. The Balaban J connectivity index is 4.10. The number of nitrogens with one attached hydrogen (secondary N) is 2. The van der Waals surface area contributed by atoms with Crippen LogP contribution in [0.4, 0.5) is 0 Å². The zero-order valence-corrected chi connectivity index (χ0v) is 16.4. The molecule has 2 nitrogen and oxygen atoms in total. The van der Waals surface area contributed by atoms with Gasteiger partial charge in [0.1, 0.15) is 0 Å². The van der Waals surface area contributed by atoms with Gasteiger partial charge < -0.3 is 10.6 Å². The van der Waals surface area contributed by atoms with Crippen molar-refractivity contribution >= 4 is 0 Å². The quantitative estimate of drug-likeness (QED) is 0.363. The molecule has 0 aliphatic carbocycles. The molecule has 0 saturated heterocycles. The Morgan fingerprint density at radius 2 is 1.59 bits per heavy atom. The van der Waals surface area contributed by atoms with Crippen molar-refractivity contribution in [2.75, 3.05) is 20.1 Å². The molecule has 0 bridgehead atoms. The maximum Gasteiger partial charge on any atom is 0.0164 e. The Labute approximate surface area is 140 Å². The van der Waals surface area contributed by atoms with Crippen molar-refractivity contribution in [1.82, 2.24) is 10.6 Å². The standard InChI is InChI=1S/C20H42N2/c1-17(2)12-10-9-11-13-19(4,5)20(6,7)14-15-22-18(3)16-21-8/h18,21-22H,1,9-16H2,2-8H3. The van der Waals surface area contributed by atoms with Crippen molar-refractivity contribution < 1.29 is 0 Å². The summed E-state index contributed by atoms with van der Waals surface area (Å²) in [7, 11) is 2.01. The van der Waals surface area contributed by atoms with Crippen molar-refractivity contribution in [3.8, 4) is 0 Å². The Hall–Kier alpha value is -0.340. The molecule has 0 spiro atoms. The zero-order valence-electron chi connectivity index (χ0n) is 16.4. The second-order valence-corrected chi connectivity index (χ2v) is 8.45. The van der Waals surface area contributed by atoms with Gasteiger partial charge in [-0.3, -0.25) is 0 Å². The lowest BCUT2D eigenvalue weighted by Crippen LogP contribution is -2.40. The average molecular weight is 311 g/mol. The van der Waals surface area contributed by atoms with Crippen LogP contribution < -0.4 is 10.6 Å². The molecule has 22 heavy (non-hydrogen) atoms. The first-order valence-electron chi connectivity index (χ1n) is 9.15. The molecule has 0 aromatic rings. The van der Waals surface area contributed by atoms with Gasteiger partial charge in [0.05, 0.1) is 0 Å². The van der Waals surface area contributed by atoms with Crippen LogP contribution in [0.5, 0.6) is 0 Å². The fraction of sp³-hybridized carbons (Fsp3) is 0.900. The second-order valence-electron chi connectivity index (χ2n) is 8.45. The molecule has 0 rings (SSSR count). The van der Waals surface area contributed by atoms with Crippen LogP contribution in [0.15, 0.2) is 12.2 Å². The van der Waals surface area contributed by atoms with E-state index in [2.05, 4.69) is 58.8 Å². The number of unbranched alkanes of at least 4 members (excludes halogenated alkanes) is 2. The molecule has 2 heteroatoms. The van der Waals surface area contributed by atoms with Gasteiger partial charge in [-0.15, -0.1) is 6.58 Å². The van der Waals surface area contributed by atoms with E-state index in [1.165, 1.54) is 44.1 Å². The molecule has 0 aromatic carbocycles. The predicted molar refractivity (Wildman–Crippen MR) is 101 cm³/mol. The lowest BCUT2D eigenvalue weighted by Gasteiger charge is -2.42. The minimum Gasteiger partial charge on any atom is -0.318 e. The van der Waals surface area contributed by atoms with Crippen LogP contribution >= 0.6 is 0 Å². The molecule has 1 atom stereocenters. The van der Waals surface area contributed by atoms with Crippen LogP contribution in [0.3, 0.4) is 0 Å². The van der Waals surface area contributed by atoms with E-state index in [9.17, 15) is 0 Å². The van der Waals surface area contributed by atoms with Gasteiger partial charge in [0.15, 0.2) is 0 Å². The molecule has 0 saturated carbocycles. The van der Waals surface area contributed by atoms with E-state index in [1.807, 2.05) is 7.05 Å². The lowest BCUT2D eigenvalue weighted by atomic mass is 9.64. The number of hydrogen-bond acceptors (Lipinski definition) is 2. The Morgan fingerprint density at radius 3 is 2.14 bits per heavy atom. The summed E-state index contributed by atoms with van der Waals surface area (Å²) in [5, 5.41) is 6.85. The highest BCUT2D eigenvalue weighted by molar-refractivity contribution is 4.88. The SMILES string of the molecule is C=C(C)CCCCCC(C)(C)C(C)(C)CCNC(C)CNC. The first-order valence-corrected chi connectivity index (χ1v) is 9.15. The van der Waals surface area contributed by atoms with Gasteiger partial charge in [-0.05, 0) is 64.0 Å². The van der Waals surface area contributed by atoms with Crippen LogP contribution in [0.2, 0.25) is 0 Å². The van der Waals surface area contributed by atoms with E-state index >= 15 is 0 Å². The highest BCUT2D eigenvalue weighted by atomic mass is 15.0. The van der Waals surface area contributed by atoms with E-state index in [-0.39, 0.29) is 0 Å². The highest BCUT2D eigenvalue weighted by Crippen LogP contribution is 2.44. The highest BCUT2D eigenvalue weighted by Gasteiger charge is 2.35. The van der Waals surface area contributed by atoms with Crippen molar-refractivity contribution in [3.63, 3.8) is 0 Å². The van der Waals surface area contributed by atoms with E-state index in [1.54, 1.807) is 0 Å². The minimum absolute atomic E-state index is 0.369. The third kappa shape index (κ3) is 8.95. The smallest absolute Gasteiger partial charge is 0.0164 e. The first kappa shape index (κ1) is 21.7. The fourth-order valence-corrected chi connectivity index (χ4v) is 2.86. The summed E-state index contributed by atoms with van der Waals surface area (Å²) in [6, 6.07) is 0.547. The molecular formula is C20H42N2. The van der Waals surface area contributed by atoms with Crippen LogP contribution in [0.25, 0.3) is 0 Å². The number of rotatable bonds is 13. The summed E-state index contributed by atoms with van der Waals surface area (Å²) >= 11 is 0. The average Bonchev–Trinajstić information content (AvgIpc) is 2.37. The summed E-state index contributed by atoms with van der Waals surface area (Å²) < 4.78 is 0. The van der Waals surface area contributed by atoms with E-state index in [0.717, 1.165) is 13.1 Å². The molecule has 0 aliphatic rings. The maximum absolute atomic E-state index is 3.99. The minimum atomic E-state index is 0.369. The van der Waals surface area contributed by atoms with Gasteiger partial charge in [-0.25, -0.2) is 0 Å². The summed E-state index contributed by atoms with van der Waals surface area (Å²) in [6.45, 7) is 20.3. The summed E-state index contributed by atoms with van der Waals surface area (Å²) in [6.07, 6.45) is 7.73. The molecule has 1 unspecified atom stereocenters. The van der Waals surface area contributed by atoms with Crippen LogP contribution in [-0.2, 0) is 0 Å². The molecule has 0 aromatic heterocycles. The molecular weight excluding hydrogens is 268 g/mol. The van der Waals surface area contributed by atoms with Crippen LogP contribution in [0, 0.1) is 10.8 Å². The number of likely N-dealkylation sites (N-methyl/N-ethyl adjacent to an activating group) is 1. The van der Waals surface area contributed by atoms with Gasteiger partial charge in [0.25, 0.3) is 0 Å². The molecule has 0 aliphatic heterocycles. The third-order valence-corrected chi connectivity index (χ3v) is 5.49. The Morgan fingerprint density at radius 1 is 1.00 bits per heavy atom. The second kappa shape index (κ2) is 10.4. The predicted octanol–water partition coefficient (Wildman–Crippen LogP) is 5.15. The van der Waals surface area contributed by atoms with Gasteiger partial charge in [0, 0.05) is 12.6 Å². The van der Waals surface area contributed by atoms with Gasteiger partial charge >= 0.3 is 0 Å². The summed E-state index contributed by atoms with van der Waals surface area (Å²) in [4.78, 5) is 0. The van der Waals surface area contributed by atoms with Crippen LogP contribution in [-0.4, -0.2) is 26.2 Å². The fourth-order valence-electron chi connectivity index (χ4n) is 2.86. The van der Waals surface area contributed by atoms with E-state index in [0.29, 0.717) is 16.9 Å². The molecule has 0 amide bonds. The van der Waals surface area contributed by atoms with Crippen molar-refractivity contribution in [2.24, 2.45) is 10.8 Å². The summed E-state index contributed by atoms with van der Waals surface area (Å²) in [5.41, 5.74) is 2.08. The van der Waals surface area contributed by atoms with Crippen molar-refractivity contribution in [1.29, 1.82) is 0 Å². The largest absolute Gasteiger partial charge is 0.318 e. The van der Waals surface area contributed by atoms with Gasteiger partial charge in [0.2, 0.25) is 0 Å². The number of allylic oxidation sites excluding steroid dienone is 1. The maximum atomic E-state index is 3.99. The van der Waals surface area contributed by atoms with Gasteiger partial charge in [-0.1, -0.05) is 46.1 Å². The molecule has 132 valence electrons. The molecule has 2 N–H and O–H groups in total. The van der Waals surface area contributed by atoms with Crippen molar-refractivity contribution in [3.05, 3.63) is 12.2 Å². The lowest BCUT2D eigenvalue weighted by molar-refractivity contribution is 0.0840. The van der Waals surface area contributed by atoms with E-state index in [4.69, 9.17) is 0 Å². The Bertz CT molecular complexity index is 305. The normalized spacial score (nSPS) is 14.1. The third-order valence-electron chi connectivity index (χ3n) is 5.49. The molecule has 0 heterocycles. The van der Waals surface area contributed by atoms with E-state index < -0.39 is 0 Å². The topological polar surface area (TPSA) is 24.1 Å². The molecule has 0 fully saturated rings. The van der Waals surface area contributed by atoms with Gasteiger partial charge in [-0.2, -0.15) is 0 Å².